The van der Waals surface area contributed by atoms with Crippen LogP contribution in [0.4, 0.5) is 0 Å². The molecule has 0 spiro atoms. The van der Waals surface area contributed by atoms with Gasteiger partial charge < -0.3 is 15.6 Å². The van der Waals surface area contributed by atoms with E-state index in [1.165, 1.54) is 6.92 Å². The van der Waals surface area contributed by atoms with Gasteiger partial charge in [-0.15, -0.1) is 0 Å². The van der Waals surface area contributed by atoms with E-state index < -0.39 is 18.0 Å². The lowest BCUT2D eigenvalue weighted by atomic mass is 10.0. The van der Waals surface area contributed by atoms with Crippen molar-refractivity contribution in [2.45, 2.75) is 13.0 Å². The smallest absolute Gasteiger partial charge is 0.339 e. The van der Waals surface area contributed by atoms with Gasteiger partial charge in [0.2, 0.25) is 0 Å². The van der Waals surface area contributed by atoms with Crippen LogP contribution in [0.25, 0.3) is 22.2 Å². The lowest BCUT2D eigenvalue weighted by molar-refractivity contribution is -0.125. The summed E-state index contributed by atoms with van der Waals surface area (Å²) in [6, 6.07) is 15.2. The van der Waals surface area contributed by atoms with Crippen LogP contribution in [0, 0.1) is 0 Å². The van der Waals surface area contributed by atoms with Crippen LogP contribution in [0.2, 0.25) is 0 Å². The van der Waals surface area contributed by atoms with Crippen LogP contribution >= 0.6 is 0 Å². The summed E-state index contributed by atoms with van der Waals surface area (Å²) in [7, 11) is 0. The number of para-hydroxylation sites is 1. The number of phenolic OH excluding ortho intramolecular Hbond substituents is 1. The molecule has 0 aliphatic carbocycles. The Bertz CT molecular complexity index is 951. The van der Waals surface area contributed by atoms with Gasteiger partial charge in [0, 0.05) is 10.9 Å². The van der Waals surface area contributed by atoms with Crippen LogP contribution in [0.3, 0.4) is 0 Å². The van der Waals surface area contributed by atoms with Crippen LogP contribution in [0.1, 0.15) is 17.3 Å². The molecule has 0 saturated carbocycles. The Kier molecular flexibility index (Phi) is 4.35. The maximum Gasteiger partial charge on any atom is 0.339 e. The number of carbonyl (C=O) groups excluding carboxylic acids is 2. The van der Waals surface area contributed by atoms with Crippen LogP contribution in [-0.4, -0.2) is 28.1 Å². The van der Waals surface area contributed by atoms with Gasteiger partial charge in [-0.3, -0.25) is 4.79 Å². The van der Waals surface area contributed by atoms with Gasteiger partial charge in [-0.2, -0.15) is 0 Å². The van der Waals surface area contributed by atoms with Crippen LogP contribution in [0.15, 0.2) is 54.6 Å². The summed E-state index contributed by atoms with van der Waals surface area (Å²) in [4.78, 5) is 28.2. The first-order valence-corrected chi connectivity index (χ1v) is 7.65. The van der Waals surface area contributed by atoms with Crippen molar-refractivity contribution in [3.63, 3.8) is 0 Å². The molecule has 0 unspecified atom stereocenters. The number of fused-ring (bicyclic) bond motifs is 1. The molecule has 3 aromatic rings. The van der Waals surface area contributed by atoms with Crippen molar-refractivity contribution in [2.24, 2.45) is 5.73 Å². The van der Waals surface area contributed by atoms with E-state index in [9.17, 15) is 14.7 Å². The van der Waals surface area contributed by atoms with Crippen LogP contribution in [-0.2, 0) is 9.53 Å². The third-order valence-corrected chi connectivity index (χ3v) is 3.78. The molecular formula is C19H16N2O4. The number of carbonyl (C=O) groups is 2. The fourth-order valence-electron chi connectivity index (χ4n) is 2.41. The van der Waals surface area contributed by atoms with Gasteiger partial charge in [0.25, 0.3) is 5.91 Å². The quantitative estimate of drug-likeness (QED) is 0.713. The highest BCUT2D eigenvalue weighted by Gasteiger charge is 2.19. The van der Waals surface area contributed by atoms with Gasteiger partial charge in [0.05, 0.1) is 16.8 Å². The zero-order valence-electron chi connectivity index (χ0n) is 13.5. The number of hydrogen-bond acceptors (Lipinski definition) is 5. The standard InChI is InChI=1S/C19H16N2O4/c1-11(18(20)23)25-19(24)15-10-17(12-6-8-13(22)9-7-12)21-16-5-3-2-4-14(15)16/h2-11,22H,1H3,(H2,20,23)/t11-/m1/s1. The number of nitrogens with zero attached hydrogens (tertiary/aromatic N) is 1. The van der Waals surface area contributed by atoms with E-state index in [1.54, 1.807) is 48.5 Å². The summed E-state index contributed by atoms with van der Waals surface area (Å²) in [5.74, 6) is -1.23. The molecule has 1 atom stereocenters. The maximum absolute atomic E-state index is 12.5. The summed E-state index contributed by atoms with van der Waals surface area (Å²) >= 11 is 0. The monoisotopic (exact) mass is 336 g/mol. The summed E-state index contributed by atoms with van der Waals surface area (Å²) in [6.45, 7) is 1.42. The first-order chi connectivity index (χ1) is 12.0. The Labute approximate surface area is 143 Å². The van der Waals surface area contributed by atoms with Gasteiger partial charge in [-0.25, -0.2) is 9.78 Å². The number of phenols is 1. The number of ether oxygens (including phenoxy) is 1. The molecule has 0 aliphatic rings. The predicted molar refractivity (Wildman–Crippen MR) is 92.9 cm³/mol. The number of primary amides is 1. The molecule has 1 aromatic heterocycles. The molecule has 0 fully saturated rings. The molecule has 6 heteroatoms. The zero-order valence-corrected chi connectivity index (χ0v) is 13.5. The first kappa shape index (κ1) is 16.4. The van der Waals surface area contributed by atoms with Gasteiger partial charge in [-0.05, 0) is 43.3 Å². The number of pyridine rings is 1. The molecule has 0 aliphatic heterocycles. The van der Waals surface area contributed by atoms with E-state index >= 15 is 0 Å². The molecule has 6 nitrogen and oxygen atoms in total. The average molecular weight is 336 g/mol. The van der Waals surface area contributed by atoms with Gasteiger partial charge in [0.1, 0.15) is 5.75 Å². The molecular weight excluding hydrogens is 320 g/mol. The summed E-state index contributed by atoms with van der Waals surface area (Å²) in [5.41, 5.74) is 7.36. The van der Waals surface area contributed by atoms with E-state index in [1.807, 2.05) is 6.07 Å². The van der Waals surface area contributed by atoms with Crippen molar-refractivity contribution in [3.8, 4) is 17.0 Å². The number of hydrogen-bond donors (Lipinski definition) is 2. The Balaban J connectivity index is 2.11. The van der Waals surface area contributed by atoms with Crippen molar-refractivity contribution < 1.29 is 19.4 Å². The molecule has 25 heavy (non-hydrogen) atoms. The molecule has 3 rings (SSSR count). The number of aromatic nitrogens is 1. The number of amides is 1. The topological polar surface area (TPSA) is 103 Å². The number of esters is 1. The molecule has 3 N–H and O–H groups in total. The highest BCUT2D eigenvalue weighted by molar-refractivity contribution is 6.05. The number of benzene rings is 2. The SMILES string of the molecule is C[C@@H](OC(=O)c1cc(-c2ccc(O)cc2)nc2ccccc12)C(N)=O. The Morgan fingerprint density at radius 3 is 2.48 bits per heavy atom. The van der Waals surface area contributed by atoms with E-state index in [0.29, 0.717) is 22.2 Å². The Hall–Kier alpha value is -3.41. The zero-order chi connectivity index (χ0) is 18.0. The first-order valence-electron chi connectivity index (χ1n) is 7.65. The van der Waals surface area contributed by atoms with Crippen molar-refractivity contribution in [2.75, 3.05) is 0 Å². The average Bonchev–Trinajstić information content (AvgIpc) is 2.61. The van der Waals surface area contributed by atoms with Crippen molar-refractivity contribution >= 4 is 22.8 Å². The predicted octanol–water partition coefficient (Wildman–Crippen LogP) is 2.64. The summed E-state index contributed by atoms with van der Waals surface area (Å²) in [5, 5.41) is 10.0. The molecule has 0 saturated heterocycles. The third kappa shape index (κ3) is 3.42. The van der Waals surface area contributed by atoms with Crippen molar-refractivity contribution in [1.82, 2.24) is 4.98 Å². The molecule has 0 bridgehead atoms. The van der Waals surface area contributed by atoms with E-state index in [2.05, 4.69) is 4.98 Å². The third-order valence-electron chi connectivity index (χ3n) is 3.78. The summed E-state index contributed by atoms with van der Waals surface area (Å²) in [6.07, 6.45) is -1.03. The largest absolute Gasteiger partial charge is 0.508 e. The highest BCUT2D eigenvalue weighted by atomic mass is 16.5. The number of nitrogens with two attached hydrogens (primary N) is 1. The lowest BCUT2D eigenvalue weighted by Crippen LogP contribution is -2.30. The van der Waals surface area contributed by atoms with Gasteiger partial charge in [0.15, 0.2) is 6.10 Å². The minimum Gasteiger partial charge on any atom is -0.508 e. The maximum atomic E-state index is 12.5. The summed E-state index contributed by atoms with van der Waals surface area (Å²) < 4.78 is 5.13. The van der Waals surface area contributed by atoms with E-state index in [-0.39, 0.29) is 5.75 Å². The van der Waals surface area contributed by atoms with Crippen LogP contribution < -0.4 is 5.73 Å². The Morgan fingerprint density at radius 2 is 1.80 bits per heavy atom. The number of aromatic hydroxyl groups is 1. The minimum atomic E-state index is -1.03. The molecule has 2 aromatic carbocycles. The van der Waals surface area contributed by atoms with Gasteiger partial charge >= 0.3 is 5.97 Å². The minimum absolute atomic E-state index is 0.138. The van der Waals surface area contributed by atoms with Crippen molar-refractivity contribution in [3.05, 3.63) is 60.2 Å². The molecule has 0 radical (unpaired) electrons. The van der Waals surface area contributed by atoms with Crippen molar-refractivity contribution in [1.29, 1.82) is 0 Å². The Morgan fingerprint density at radius 1 is 1.12 bits per heavy atom. The second kappa shape index (κ2) is 6.60. The number of rotatable bonds is 4. The highest BCUT2D eigenvalue weighted by Crippen LogP contribution is 2.26. The second-order valence-corrected chi connectivity index (χ2v) is 5.57. The fourth-order valence-corrected chi connectivity index (χ4v) is 2.41. The second-order valence-electron chi connectivity index (χ2n) is 5.57. The normalized spacial score (nSPS) is 11.9. The lowest BCUT2D eigenvalue weighted by Gasteiger charge is -2.12. The molecule has 1 heterocycles. The molecule has 1 amide bonds. The van der Waals surface area contributed by atoms with Gasteiger partial charge in [-0.1, -0.05) is 18.2 Å². The fraction of sp³-hybridized carbons (Fsp3) is 0.105. The van der Waals surface area contributed by atoms with E-state index in [4.69, 9.17) is 10.5 Å². The molecule has 126 valence electrons. The van der Waals surface area contributed by atoms with Crippen LogP contribution in [0.5, 0.6) is 5.75 Å². The van der Waals surface area contributed by atoms with E-state index in [0.717, 1.165) is 5.56 Å².